The molecule has 1 atom stereocenters. The molecule has 6 nitrogen and oxygen atoms in total. The van der Waals surface area contributed by atoms with E-state index in [2.05, 4.69) is 5.32 Å². The zero-order chi connectivity index (χ0) is 19.2. The van der Waals surface area contributed by atoms with E-state index in [9.17, 15) is 13.2 Å². The summed E-state index contributed by atoms with van der Waals surface area (Å²) in [5.41, 5.74) is 1.01. The van der Waals surface area contributed by atoms with Crippen LogP contribution in [0.4, 0.5) is 0 Å². The quantitative estimate of drug-likeness (QED) is 0.766. The maximum Gasteiger partial charge on any atom is 0.243 e. The van der Waals surface area contributed by atoms with E-state index in [1.165, 1.54) is 19.2 Å². The van der Waals surface area contributed by atoms with Gasteiger partial charge in [0.25, 0.3) is 0 Å². The lowest BCUT2D eigenvalue weighted by Gasteiger charge is -2.19. The summed E-state index contributed by atoms with van der Waals surface area (Å²) in [5.74, 6) is 0.380. The molecule has 1 N–H and O–H groups in total. The highest BCUT2D eigenvalue weighted by Crippen LogP contribution is 2.16. The Morgan fingerprint density at radius 3 is 2.38 bits per heavy atom. The Morgan fingerprint density at radius 2 is 1.73 bits per heavy atom. The fourth-order valence-corrected chi connectivity index (χ4v) is 3.50. The molecule has 0 spiro atoms. The predicted molar refractivity (Wildman–Crippen MR) is 101 cm³/mol. The summed E-state index contributed by atoms with van der Waals surface area (Å²) in [6, 6.07) is 15.4. The number of carbonyl (C=O) groups excluding carboxylic acids is 1. The van der Waals surface area contributed by atoms with Crippen molar-refractivity contribution in [2.24, 2.45) is 0 Å². The van der Waals surface area contributed by atoms with Crippen LogP contribution >= 0.6 is 0 Å². The van der Waals surface area contributed by atoms with Gasteiger partial charge in [-0.05, 0) is 37.6 Å². The first-order valence-electron chi connectivity index (χ1n) is 8.30. The number of ether oxygens (including phenoxy) is 1. The van der Waals surface area contributed by atoms with Gasteiger partial charge in [-0.3, -0.25) is 4.79 Å². The van der Waals surface area contributed by atoms with Gasteiger partial charge in [0.15, 0.2) is 0 Å². The first-order chi connectivity index (χ1) is 12.3. The highest BCUT2D eigenvalue weighted by molar-refractivity contribution is 7.89. The summed E-state index contributed by atoms with van der Waals surface area (Å²) < 4.78 is 31.6. The van der Waals surface area contributed by atoms with Crippen molar-refractivity contribution < 1.29 is 17.9 Å². The molecule has 0 aromatic heterocycles. The van der Waals surface area contributed by atoms with E-state index >= 15 is 0 Å². The van der Waals surface area contributed by atoms with Crippen LogP contribution in [0.3, 0.4) is 0 Å². The van der Waals surface area contributed by atoms with Crippen molar-refractivity contribution in [3.8, 4) is 5.75 Å². The van der Waals surface area contributed by atoms with E-state index in [1.807, 2.05) is 38.1 Å². The van der Waals surface area contributed by atoms with Gasteiger partial charge in [0.2, 0.25) is 15.9 Å². The highest BCUT2D eigenvalue weighted by Gasteiger charge is 2.23. The molecule has 140 valence electrons. The van der Waals surface area contributed by atoms with Crippen molar-refractivity contribution in [1.29, 1.82) is 0 Å². The van der Waals surface area contributed by atoms with Crippen LogP contribution < -0.4 is 10.1 Å². The molecule has 0 aliphatic carbocycles. The van der Waals surface area contributed by atoms with Crippen molar-refractivity contribution in [2.75, 3.05) is 20.2 Å². The molecular weight excluding hydrogens is 352 g/mol. The third-order valence-corrected chi connectivity index (χ3v) is 5.63. The summed E-state index contributed by atoms with van der Waals surface area (Å²) in [6.45, 7) is 3.79. The fraction of sp³-hybridized carbons (Fsp3) is 0.316. The molecule has 0 heterocycles. The van der Waals surface area contributed by atoms with Crippen LogP contribution in [0.1, 0.15) is 12.5 Å². The molecule has 0 fully saturated rings. The van der Waals surface area contributed by atoms with E-state index < -0.39 is 10.0 Å². The van der Waals surface area contributed by atoms with Gasteiger partial charge < -0.3 is 10.1 Å². The summed E-state index contributed by atoms with van der Waals surface area (Å²) >= 11 is 0. The van der Waals surface area contributed by atoms with Crippen molar-refractivity contribution in [1.82, 2.24) is 9.62 Å². The summed E-state index contributed by atoms with van der Waals surface area (Å²) in [5, 5.41) is 2.75. The number of nitrogens with one attached hydrogen (secondary N) is 1. The lowest BCUT2D eigenvalue weighted by molar-refractivity contribution is -0.121. The summed E-state index contributed by atoms with van der Waals surface area (Å²) in [6.07, 6.45) is 0. The number of amides is 1. The third kappa shape index (κ3) is 5.31. The van der Waals surface area contributed by atoms with Gasteiger partial charge in [0, 0.05) is 7.05 Å². The van der Waals surface area contributed by atoms with Crippen LogP contribution in [0.15, 0.2) is 59.5 Å². The summed E-state index contributed by atoms with van der Waals surface area (Å²) in [7, 11) is -2.30. The normalized spacial score (nSPS) is 12.6. The lowest BCUT2D eigenvalue weighted by Crippen LogP contribution is -2.43. The predicted octanol–water partition coefficient (Wildman–Crippen LogP) is 2.20. The summed E-state index contributed by atoms with van der Waals surface area (Å²) in [4.78, 5) is 12.3. The number of sulfonamides is 1. The molecular formula is C19H24N2O4S. The third-order valence-electron chi connectivity index (χ3n) is 3.81. The molecule has 0 radical (unpaired) electrons. The zero-order valence-corrected chi connectivity index (χ0v) is 16.0. The zero-order valence-electron chi connectivity index (χ0n) is 15.2. The van der Waals surface area contributed by atoms with E-state index in [0.29, 0.717) is 6.61 Å². The van der Waals surface area contributed by atoms with Gasteiger partial charge in [-0.2, -0.15) is 4.31 Å². The van der Waals surface area contributed by atoms with Gasteiger partial charge in [-0.25, -0.2) is 8.42 Å². The number of aryl methyl sites for hydroxylation is 1. The molecule has 0 saturated carbocycles. The van der Waals surface area contributed by atoms with Crippen LogP contribution in [0.25, 0.3) is 0 Å². The number of hydrogen-bond donors (Lipinski definition) is 1. The van der Waals surface area contributed by atoms with Crippen molar-refractivity contribution in [3.05, 3.63) is 60.2 Å². The average Bonchev–Trinajstić information content (AvgIpc) is 2.61. The molecule has 2 rings (SSSR count). The number of likely N-dealkylation sites (N-methyl/N-ethyl adjacent to an activating group) is 1. The Morgan fingerprint density at radius 1 is 1.12 bits per heavy atom. The second kappa shape index (κ2) is 8.82. The Kier molecular flexibility index (Phi) is 6.76. The minimum Gasteiger partial charge on any atom is -0.491 e. The van der Waals surface area contributed by atoms with Crippen LogP contribution in [-0.2, 0) is 14.8 Å². The molecule has 0 unspecified atom stereocenters. The molecule has 7 heteroatoms. The van der Waals surface area contributed by atoms with Gasteiger partial charge in [-0.15, -0.1) is 0 Å². The van der Waals surface area contributed by atoms with Crippen LogP contribution in [0.5, 0.6) is 5.75 Å². The van der Waals surface area contributed by atoms with E-state index in [1.54, 1.807) is 18.2 Å². The SMILES string of the molecule is Cc1ccccc1OC[C@@H](C)NC(=O)CN(C)S(=O)(=O)c1ccccc1. The highest BCUT2D eigenvalue weighted by atomic mass is 32.2. The van der Waals surface area contributed by atoms with Crippen molar-refractivity contribution in [2.45, 2.75) is 24.8 Å². The minimum absolute atomic E-state index is 0.159. The molecule has 1 amide bonds. The number of nitrogens with zero attached hydrogens (tertiary/aromatic N) is 1. The van der Waals surface area contributed by atoms with E-state index in [4.69, 9.17) is 4.74 Å². The first kappa shape index (κ1) is 19.9. The standard InChI is InChI=1S/C19H24N2O4S/c1-15-9-7-8-12-18(15)25-14-16(2)20-19(22)13-21(3)26(23,24)17-10-5-4-6-11-17/h4-12,16H,13-14H2,1-3H3,(H,20,22)/t16-/m1/s1. The van der Waals surface area contributed by atoms with Crippen LogP contribution in [0, 0.1) is 6.92 Å². The van der Waals surface area contributed by atoms with Gasteiger partial charge >= 0.3 is 0 Å². The average molecular weight is 376 g/mol. The molecule has 26 heavy (non-hydrogen) atoms. The second-order valence-corrected chi connectivity index (χ2v) is 8.16. The maximum absolute atomic E-state index is 12.4. The number of benzene rings is 2. The van der Waals surface area contributed by atoms with Crippen LogP contribution in [-0.4, -0.2) is 44.9 Å². The molecule has 2 aromatic rings. The number of carbonyl (C=O) groups is 1. The second-order valence-electron chi connectivity index (χ2n) is 6.12. The Labute approximate surface area is 154 Å². The lowest BCUT2D eigenvalue weighted by atomic mass is 10.2. The Balaban J connectivity index is 1.86. The monoisotopic (exact) mass is 376 g/mol. The maximum atomic E-state index is 12.4. The molecule has 2 aromatic carbocycles. The van der Waals surface area contributed by atoms with E-state index in [-0.39, 0.29) is 23.4 Å². The van der Waals surface area contributed by atoms with Crippen LogP contribution in [0.2, 0.25) is 0 Å². The largest absolute Gasteiger partial charge is 0.491 e. The Hall–Kier alpha value is -2.38. The van der Waals surface area contributed by atoms with Gasteiger partial charge in [0.1, 0.15) is 12.4 Å². The molecule has 0 aliphatic rings. The smallest absolute Gasteiger partial charge is 0.243 e. The van der Waals surface area contributed by atoms with Gasteiger partial charge in [0.05, 0.1) is 17.5 Å². The number of rotatable bonds is 8. The number of para-hydroxylation sites is 1. The first-order valence-corrected chi connectivity index (χ1v) is 9.74. The van der Waals surface area contributed by atoms with Crippen molar-refractivity contribution >= 4 is 15.9 Å². The van der Waals surface area contributed by atoms with Crippen molar-refractivity contribution in [3.63, 3.8) is 0 Å². The topological polar surface area (TPSA) is 75.7 Å². The van der Waals surface area contributed by atoms with E-state index in [0.717, 1.165) is 15.6 Å². The Bertz CT molecular complexity index is 838. The van der Waals surface area contributed by atoms with Gasteiger partial charge in [-0.1, -0.05) is 36.4 Å². The molecule has 0 aliphatic heterocycles. The fourth-order valence-electron chi connectivity index (χ4n) is 2.35. The number of hydrogen-bond acceptors (Lipinski definition) is 4. The molecule has 0 bridgehead atoms. The molecule has 0 saturated heterocycles. The minimum atomic E-state index is -3.69.